The quantitative estimate of drug-likeness (QED) is 0.560. The summed E-state index contributed by atoms with van der Waals surface area (Å²) in [6, 6.07) is 7.39. The van der Waals surface area contributed by atoms with Crippen molar-refractivity contribution in [2.45, 2.75) is 38.5 Å². The number of piperidine rings is 1. The number of piperazine rings is 1. The molecule has 4 rings (SSSR count). The van der Waals surface area contributed by atoms with Crippen LogP contribution in [-0.2, 0) is 9.59 Å². The molecule has 3 aliphatic rings. The van der Waals surface area contributed by atoms with Crippen LogP contribution >= 0.6 is 11.6 Å². The lowest BCUT2D eigenvalue weighted by molar-refractivity contribution is -0.142. The number of likely N-dealkylation sites (N-methyl/N-ethyl adjacent to an activating group) is 1. The summed E-state index contributed by atoms with van der Waals surface area (Å²) >= 11 is 6.15. The molecule has 0 N–H and O–H groups in total. The highest BCUT2D eigenvalue weighted by molar-refractivity contribution is 6.30. The van der Waals surface area contributed by atoms with E-state index < -0.39 is 0 Å². The van der Waals surface area contributed by atoms with E-state index in [9.17, 15) is 9.59 Å². The summed E-state index contributed by atoms with van der Waals surface area (Å²) in [6.45, 7) is 8.11. The predicted octanol–water partition coefficient (Wildman–Crippen LogP) is 2.98. The van der Waals surface area contributed by atoms with Crippen molar-refractivity contribution in [3.8, 4) is 5.75 Å². The van der Waals surface area contributed by atoms with E-state index in [0.29, 0.717) is 36.8 Å². The largest absolute Gasteiger partial charge is 0.493 e. The van der Waals surface area contributed by atoms with Gasteiger partial charge < -0.3 is 24.3 Å². The van der Waals surface area contributed by atoms with Crippen LogP contribution in [0.5, 0.6) is 5.75 Å². The SMILES string of the molecule is CN1CCN(C(=O)CC2(COc3cccc(Cl)c3)CCCN(C(=O)CCN3CCCC3)C2)CC1. The maximum absolute atomic E-state index is 13.3. The highest BCUT2D eigenvalue weighted by atomic mass is 35.5. The number of hydrogen-bond donors (Lipinski definition) is 0. The molecule has 8 heteroatoms. The third kappa shape index (κ3) is 6.86. The van der Waals surface area contributed by atoms with Crippen molar-refractivity contribution >= 4 is 23.4 Å². The molecule has 188 valence electrons. The first-order chi connectivity index (χ1) is 16.4. The average Bonchev–Trinajstić information content (AvgIpc) is 3.36. The smallest absolute Gasteiger partial charge is 0.223 e. The first-order valence-electron chi connectivity index (χ1n) is 12.8. The summed E-state index contributed by atoms with van der Waals surface area (Å²) in [6.07, 6.45) is 5.20. The Labute approximate surface area is 208 Å². The Morgan fingerprint density at radius 3 is 2.47 bits per heavy atom. The fraction of sp³-hybridized carbons (Fsp3) is 0.692. The minimum absolute atomic E-state index is 0.175. The Bertz CT molecular complexity index is 839. The molecule has 1 unspecified atom stereocenters. The number of nitrogens with zero attached hydrogens (tertiary/aromatic N) is 4. The second-order valence-electron chi connectivity index (χ2n) is 10.3. The number of ether oxygens (including phenoxy) is 1. The first kappa shape index (κ1) is 25.3. The van der Waals surface area contributed by atoms with Gasteiger partial charge in [0.05, 0.1) is 6.61 Å². The minimum atomic E-state index is -0.385. The number of likely N-dealkylation sites (tertiary alicyclic amines) is 2. The molecule has 0 spiro atoms. The van der Waals surface area contributed by atoms with Crippen molar-refractivity contribution in [1.29, 1.82) is 0 Å². The Morgan fingerprint density at radius 2 is 1.74 bits per heavy atom. The van der Waals surface area contributed by atoms with Gasteiger partial charge in [-0.1, -0.05) is 17.7 Å². The fourth-order valence-corrected chi connectivity index (χ4v) is 5.61. The molecule has 0 radical (unpaired) electrons. The molecule has 3 saturated heterocycles. The maximum Gasteiger partial charge on any atom is 0.223 e. The van der Waals surface area contributed by atoms with Gasteiger partial charge in [0.25, 0.3) is 0 Å². The van der Waals surface area contributed by atoms with Crippen LogP contribution in [-0.4, -0.2) is 104 Å². The lowest BCUT2D eigenvalue weighted by Gasteiger charge is -2.43. The summed E-state index contributed by atoms with van der Waals surface area (Å²) in [4.78, 5) is 35.1. The zero-order valence-corrected chi connectivity index (χ0v) is 21.3. The lowest BCUT2D eigenvalue weighted by atomic mass is 9.77. The zero-order chi connectivity index (χ0) is 24.0. The van der Waals surface area contributed by atoms with E-state index in [1.807, 2.05) is 28.0 Å². The van der Waals surface area contributed by atoms with E-state index in [4.69, 9.17) is 16.3 Å². The molecule has 0 aliphatic carbocycles. The van der Waals surface area contributed by atoms with Gasteiger partial charge in [0, 0.05) is 69.1 Å². The van der Waals surface area contributed by atoms with E-state index in [1.54, 1.807) is 6.07 Å². The third-order valence-electron chi connectivity index (χ3n) is 7.58. The molecule has 0 bridgehead atoms. The monoisotopic (exact) mass is 490 g/mol. The van der Waals surface area contributed by atoms with Gasteiger partial charge in [0.1, 0.15) is 5.75 Å². The number of rotatable bonds is 8. The standard InChI is InChI=1S/C26H39ClN4O3/c1-28-14-16-30(17-15-28)25(33)19-26(21-34-23-7-4-6-22(27)18-23)9-5-12-31(20-26)24(32)8-13-29-10-2-3-11-29/h4,6-7,18H,2-3,5,8-17,19-21H2,1H3. The molecule has 0 saturated carbocycles. The van der Waals surface area contributed by atoms with Gasteiger partial charge >= 0.3 is 0 Å². The summed E-state index contributed by atoms with van der Waals surface area (Å²) in [5.74, 6) is 1.08. The van der Waals surface area contributed by atoms with Crippen molar-refractivity contribution in [2.75, 3.05) is 72.6 Å². The number of carbonyl (C=O) groups is 2. The molecule has 34 heavy (non-hydrogen) atoms. The van der Waals surface area contributed by atoms with Crippen LogP contribution in [0.15, 0.2) is 24.3 Å². The van der Waals surface area contributed by atoms with Crippen LogP contribution in [0.3, 0.4) is 0 Å². The van der Waals surface area contributed by atoms with Crippen molar-refractivity contribution in [3.63, 3.8) is 0 Å². The van der Waals surface area contributed by atoms with Crippen LogP contribution < -0.4 is 4.74 Å². The summed E-state index contributed by atoms with van der Waals surface area (Å²) in [5, 5.41) is 0.627. The van der Waals surface area contributed by atoms with Gasteiger partial charge in [-0.2, -0.15) is 0 Å². The second kappa shape index (κ2) is 11.7. The second-order valence-corrected chi connectivity index (χ2v) is 10.8. The average molecular weight is 491 g/mol. The third-order valence-corrected chi connectivity index (χ3v) is 7.81. The van der Waals surface area contributed by atoms with Crippen LogP contribution in [0.1, 0.15) is 38.5 Å². The van der Waals surface area contributed by atoms with Crippen molar-refractivity contribution in [1.82, 2.24) is 19.6 Å². The summed E-state index contributed by atoms with van der Waals surface area (Å²) < 4.78 is 6.19. The Kier molecular flexibility index (Phi) is 8.72. The van der Waals surface area contributed by atoms with Crippen LogP contribution in [0.25, 0.3) is 0 Å². The van der Waals surface area contributed by atoms with Gasteiger partial charge in [-0.3, -0.25) is 9.59 Å². The van der Waals surface area contributed by atoms with E-state index in [-0.39, 0.29) is 17.2 Å². The van der Waals surface area contributed by atoms with Gasteiger partial charge in [-0.15, -0.1) is 0 Å². The molecule has 3 heterocycles. The van der Waals surface area contributed by atoms with Gasteiger partial charge in [-0.25, -0.2) is 0 Å². The maximum atomic E-state index is 13.3. The van der Waals surface area contributed by atoms with Crippen LogP contribution in [0, 0.1) is 5.41 Å². The van der Waals surface area contributed by atoms with Crippen LogP contribution in [0.2, 0.25) is 5.02 Å². The Hall–Kier alpha value is -1.83. The first-order valence-corrected chi connectivity index (χ1v) is 13.2. The van der Waals surface area contributed by atoms with Gasteiger partial charge in [0.2, 0.25) is 11.8 Å². The van der Waals surface area contributed by atoms with Crippen LogP contribution in [0.4, 0.5) is 0 Å². The molecule has 0 aromatic heterocycles. The van der Waals surface area contributed by atoms with Crippen molar-refractivity contribution in [3.05, 3.63) is 29.3 Å². The summed E-state index contributed by atoms with van der Waals surface area (Å²) in [7, 11) is 2.09. The highest BCUT2D eigenvalue weighted by Crippen LogP contribution is 2.36. The Morgan fingerprint density at radius 1 is 0.971 bits per heavy atom. The van der Waals surface area contributed by atoms with Crippen molar-refractivity contribution < 1.29 is 14.3 Å². The van der Waals surface area contributed by atoms with E-state index in [1.165, 1.54) is 12.8 Å². The Balaban J connectivity index is 1.43. The van der Waals surface area contributed by atoms with E-state index in [0.717, 1.165) is 65.2 Å². The van der Waals surface area contributed by atoms with Gasteiger partial charge in [0.15, 0.2) is 0 Å². The number of carbonyl (C=O) groups excluding carboxylic acids is 2. The number of hydrogen-bond acceptors (Lipinski definition) is 5. The molecule has 7 nitrogen and oxygen atoms in total. The molecule has 2 amide bonds. The number of halogens is 1. The topological polar surface area (TPSA) is 56.3 Å². The van der Waals surface area contributed by atoms with E-state index in [2.05, 4.69) is 16.8 Å². The number of amides is 2. The van der Waals surface area contributed by atoms with Crippen molar-refractivity contribution in [2.24, 2.45) is 5.41 Å². The predicted molar refractivity (Wildman–Crippen MR) is 134 cm³/mol. The summed E-state index contributed by atoms with van der Waals surface area (Å²) in [5.41, 5.74) is -0.385. The van der Waals surface area contributed by atoms with E-state index >= 15 is 0 Å². The zero-order valence-electron chi connectivity index (χ0n) is 20.5. The minimum Gasteiger partial charge on any atom is -0.493 e. The molecule has 3 aliphatic heterocycles. The fourth-order valence-electron chi connectivity index (χ4n) is 5.43. The lowest BCUT2D eigenvalue weighted by Crippen LogP contribution is -2.53. The molecule has 1 aromatic carbocycles. The molecular weight excluding hydrogens is 452 g/mol. The molecular formula is C26H39ClN4O3. The molecule has 1 aromatic rings. The number of benzene rings is 1. The highest BCUT2D eigenvalue weighted by Gasteiger charge is 2.41. The molecule has 3 fully saturated rings. The van der Waals surface area contributed by atoms with Gasteiger partial charge in [-0.05, 0) is 64.0 Å². The normalized spacial score (nSPS) is 24.4. The molecule has 1 atom stereocenters.